The van der Waals surface area contributed by atoms with E-state index in [2.05, 4.69) is 10.6 Å². The second-order valence-electron chi connectivity index (χ2n) is 6.78. The number of aryl methyl sites for hydroxylation is 3. The van der Waals surface area contributed by atoms with Crippen LogP contribution in [0.4, 0.5) is 11.4 Å². The maximum atomic E-state index is 12.2. The van der Waals surface area contributed by atoms with Gasteiger partial charge in [0.15, 0.2) is 6.61 Å². The first kappa shape index (κ1) is 22.1. The first-order valence-electron chi connectivity index (χ1n) is 9.85. The highest BCUT2D eigenvalue weighted by Gasteiger charge is 2.13. The van der Waals surface area contributed by atoms with Gasteiger partial charge < -0.3 is 15.4 Å². The van der Waals surface area contributed by atoms with Crippen LogP contribution in [-0.2, 0) is 32.0 Å². The van der Waals surface area contributed by atoms with Crippen LogP contribution in [0.1, 0.15) is 43.4 Å². The SMILES string of the molecule is CCc1cccc(CC)c1NC(=O)COC(=O)CCC(=O)Nc1ccc(C)cc1. The van der Waals surface area contributed by atoms with Crippen LogP contribution in [0.5, 0.6) is 0 Å². The first-order chi connectivity index (χ1) is 13.9. The number of ether oxygens (including phenoxy) is 1. The van der Waals surface area contributed by atoms with E-state index in [4.69, 9.17) is 4.74 Å². The van der Waals surface area contributed by atoms with Gasteiger partial charge in [0.05, 0.1) is 6.42 Å². The Hall–Kier alpha value is -3.15. The molecule has 0 saturated heterocycles. The van der Waals surface area contributed by atoms with Gasteiger partial charge in [0.25, 0.3) is 5.91 Å². The minimum atomic E-state index is -0.585. The average molecular weight is 396 g/mol. The summed E-state index contributed by atoms with van der Waals surface area (Å²) in [7, 11) is 0. The van der Waals surface area contributed by atoms with Gasteiger partial charge in [0, 0.05) is 17.8 Å². The number of carbonyl (C=O) groups excluding carboxylic acids is 3. The van der Waals surface area contributed by atoms with Gasteiger partial charge in [0.1, 0.15) is 0 Å². The normalized spacial score (nSPS) is 10.3. The molecule has 0 saturated carbocycles. The zero-order valence-corrected chi connectivity index (χ0v) is 17.2. The fourth-order valence-corrected chi connectivity index (χ4v) is 2.87. The quantitative estimate of drug-likeness (QED) is 0.627. The van der Waals surface area contributed by atoms with E-state index in [-0.39, 0.29) is 25.4 Å². The van der Waals surface area contributed by atoms with Crippen molar-refractivity contribution in [2.45, 2.75) is 46.5 Å². The molecule has 0 fully saturated rings. The molecule has 6 nitrogen and oxygen atoms in total. The molecule has 6 heteroatoms. The van der Waals surface area contributed by atoms with Crippen LogP contribution in [0.3, 0.4) is 0 Å². The zero-order chi connectivity index (χ0) is 21.2. The van der Waals surface area contributed by atoms with Gasteiger partial charge in [-0.15, -0.1) is 0 Å². The second-order valence-corrected chi connectivity index (χ2v) is 6.78. The molecule has 0 spiro atoms. The van der Waals surface area contributed by atoms with Gasteiger partial charge in [-0.25, -0.2) is 0 Å². The third kappa shape index (κ3) is 7.07. The molecule has 0 aromatic heterocycles. The topological polar surface area (TPSA) is 84.5 Å². The molecule has 0 atom stereocenters. The number of esters is 1. The first-order valence-corrected chi connectivity index (χ1v) is 9.85. The van der Waals surface area contributed by atoms with Gasteiger partial charge >= 0.3 is 5.97 Å². The van der Waals surface area contributed by atoms with Crippen LogP contribution in [0, 0.1) is 6.92 Å². The number of nitrogens with one attached hydrogen (secondary N) is 2. The molecule has 0 bridgehead atoms. The van der Waals surface area contributed by atoms with E-state index >= 15 is 0 Å². The van der Waals surface area contributed by atoms with E-state index in [0.717, 1.165) is 35.2 Å². The maximum Gasteiger partial charge on any atom is 0.306 e. The molecule has 0 unspecified atom stereocenters. The van der Waals surface area contributed by atoms with Gasteiger partial charge in [-0.05, 0) is 43.0 Å². The van der Waals surface area contributed by atoms with E-state index in [1.807, 2.05) is 51.1 Å². The molecule has 0 heterocycles. The van der Waals surface area contributed by atoms with Crippen molar-refractivity contribution < 1.29 is 19.1 Å². The van der Waals surface area contributed by atoms with Crippen molar-refractivity contribution in [1.82, 2.24) is 0 Å². The minimum absolute atomic E-state index is 0.00696. The number of rotatable bonds is 9. The van der Waals surface area contributed by atoms with Crippen LogP contribution in [0.25, 0.3) is 0 Å². The molecule has 0 aliphatic rings. The molecule has 0 aliphatic carbocycles. The highest BCUT2D eigenvalue weighted by atomic mass is 16.5. The van der Waals surface area contributed by atoms with Gasteiger partial charge in [-0.1, -0.05) is 49.7 Å². The van der Waals surface area contributed by atoms with Gasteiger partial charge in [-0.2, -0.15) is 0 Å². The molecular formula is C23H28N2O4. The van der Waals surface area contributed by atoms with Crippen molar-refractivity contribution in [2.75, 3.05) is 17.2 Å². The monoisotopic (exact) mass is 396 g/mol. The summed E-state index contributed by atoms with van der Waals surface area (Å²) in [5.41, 5.74) is 4.64. The predicted octanol–water partition coefficient (Wildman–Crippen LogP) is 4.02. The van der Waals surface area contributed by atoms with E-state index in [1.54, 1.807) is 12.1 Å². The Morgan fingerprint density at radius 3 is 2.03 bits per heavy atom. The second kappa shape index (κ2) is 11.0. The summed E-state index contributed by atoms with van der Waals surface area (Å²) in [5.74, 6) is -1.25. The average Bonchev–Trinajstić information content (AvgIpc) is 2.72. The van der Waals surface area contributed by atoms with Crippen LogP contribution in [-0.4, -0.2) is 24.4 Å². The number of anilines is 2. The van der Waals surface area contributed by atoms with Crippen LogP contribution in [0.2, 0.25) is 0 Å². The van der Waals surface area contributed by atoms with Crippen molar-refractivity contribution in [1.29, 1.82) is 0 Å². The van der Waals surface area contributed by atoms with Crippen molar-refractivity contribution in [2.24, 2.45) is 0 Å². The lowest BCUT2D eigenvalue weighted by molar-refractivity contribution is -0.147. The largest absolute Gasteiger partial charge is 0.456 e. The molecule has 0 radical (unpaired) electrons. The smallest absolute Gasteiger partial charge is 0.306 e. The summed E-state index contributed by atoms with van der Waals surface area (Å²) in [5, 5.41) is 5.56. The Morgan fingerprint density at radius 2 is 1.45 bits per heavy atom. The van der Waals surface area contributed by atoms with Gasteiger partial charge in [0.2, 0.25) is 5.91 Å². The molecule has 2 aromatic rings. The van der Waals surface area contributed by atoms with Gasteiger partial charge in [-0.3, -0.25) is 14.4 Å². The van der Waals surface area contributed by atoms with Crippen molar-refractivity contribution in [3.8, 4) is 0 Å². The van der Waals surface area contributed by atoms with Crippen LogP contribution >= 0.6 is 0 Å². The molecule has 2 amide bonds. The number of carbonyl (C=O) groups is 3. The molecule has 2 aromatic carbocycles. The summed E-state index contributed by atoms with van der Waals surface area (Å²) in [6.07, 6.45) is 1.49. The standard InChI is InChI=1S/C23H28N2O4/c1-4-17-7-6-8-18(5-2)23(17)25-21(27)15-29-22(28)14-13-20(26)24-19-11-9-16(3)10-12-19/h6-12H,4-5,13-15H2,1-3H3,(H,24,26)(H,25,27). The summed E-state index contributed by atoms with van der Waals surface area (Å²) in [6, 6.07) is 13.3. The number of para-hydroxylation sites is 1. The fourth-order valence-electron chi connectivity index (χ4n) is 2.87. The maximum absolute atomic E-state index is 12.2. The molecular weight excluding hydrogens is 368 g/mol. The van der Waals surface area contributed by atoms with E-state index in [0.29, 0.717) is 5.69 Å². The predicted molar refractivity (Wildman–Crippen MR) is 114 cm³/mol. The fraction of sp³-hybridized carbons (Fsp3) is 0.348. The molecule has 2 N–H and O–H groups in total. The highest BCUT2D eigenvalue weighted by molar-refractivity contribution is 5.95. The third-order valence-corrected chi connectivity index (χ3v) is 4.52. The lowest BCUT2D eigenvalue weighted by Gasteiger charge is -2.14. The Balaban J connectivity index is 1.77. The van der Waals surface area contributed by atoms with Crippen molar-refractivity contribution >= 4 is 29.2 Å². The molecule has 29 heavy (non-hydrogen) atoms. The number of hydrogen-bond donors (Lipinski definition) is 2. The van der Waals surface area contributed by atoms with E-state index in [1.165, 1.54) is 0 Å². The summed E-state index contributed by atoms with van der Waals surface area (Å²) >= 11 is 0. The van der Waals surface area contributed by atoms with E-state index < -0.39 is 11.9 Å². The van der Waals surface area contributed by atoms with Crippen molar-refractivity contribution in [3.05, 3.63) is 59.2 Å². The summed E-state index contributed by atoms with van der Waals surface area (Å²) < 4.78 is 5.01. The molecule has 0 aliphatic heterocycles. The van der Waals surface area contributed by atoms with Crippen molar-refractivity contribution in [3.63, 3.8) is 0 Å². The van der Waals surface area contributed by atoms with Crippen LogP contribution in [0.15, 0.2) is 42.5 Å². The lowest BCUT2D eigenvalue weighted by Crippen LogP contribution is -2.23. The Labute approximate surface area is 171 Å². The van der Waals surface area contributed by atoms with Crippen LogP contribution < -0.4 is 10.6 Å². The highest BCUT2D eigenvalue weighted by Crippen LogP contribution is 2.22. The van der Waals surface area contributed by atoms with E-state index in [9.17, 15) is 14.4 Å². The zero-order valence-electron chi connectivity index (χ0n) is 17.2. The number of amides is 2. The lowest BCUT2D eigenvalue weighted by atomic mass is 10.0. The Morgan fingerprint density at radius 1 is 0.828 bits per heavy atom. The third-order valence-electron chi connectivity index (χ3n) is 4.52. The Bertz CT molecular complexity index is 837. The number of hydrogen-bond acceptors (Lipinski definition) is 4. The summed E-state index contributed by atoms with van der Waals surface area (Å²) in [4.78, 5) is 36.0. The minimum Gasteiger partial charge on any atom is -0.456 e. The summed E-state index contributed by atoms with van der Waals surface area (Å²) in [6.45, 7) is 5.62. The molecule has 154 valence electrons. The molecule has 2 rings (SSSR count). The number of benzene rings is 2. The Kier molecular flexibility index (Phi) is 8.40.